The maximum Gasteiger partial charge on any atom is 0.236 e. The molecule has 0 fully saturated rings. The van der Waals surface area contributed by atoms with Gasteiger partial charge in [0.25, 0.3) is 0 Å². The van der Waals surface area contributed by atoms with Gasteiger partial charge in [0.2, 0.25) is 10.0 Å². The van der Waals surface area contributed by atoms with E-state index in [0.717, 1.165) is 6.07 Å². The first-order valence-corrected chi connectivity index (χ1v) is 7.69. The predicted octanol–water partition coefficient (Wildman–Crippen LogP) is 3.00. The van der Waals surface area contributed by atoms with Gasteiger partial charge in [-0.25, -0.2) is 12.8 Å². The van der Waals surface area contributed by atoms with Crippen LogP contribution in [0.25, 0.3) is 0 Å². The highest BCUT2D eigenvalue weighted by Gasteiger charge is 2.14. The maximum atomic E-state index is 13.0. The van der Waals surface area contributed by atoms with Gasteiger partial charge >= 0.3 is 0 Å². The summed E-state index contributed by atoms with van der Waals surface area (Å²) in [4.78, 5) is 0. The molecule has 0 saturated carbocycles. The highest BCUT2D eigenvalue weighted by atomic mass is 35.5. The predicted molar refractivity (Wildman–Crippen MR) is 78.5 cm³/mol. The summed E-state index contributed by atoms with van der Waals surface area (Å²) >= 11 is 5.60. The van der Waals surface area contributed by atoms with Crippen molar-refractivity contribution in [2.75, 3.05) is 10.5 Å². The van der Waals surface area contributed by atoms with E-state index in [9.17, 15) is 12.8 Å². The van der Waals surface area contributed by atoms with Gasteiger partial charge in [-0.3, -0.25) is 4.72 Å². The van der Waals surface area contributed by atoms with Gasteiger partial charge in [-0.05, 0) is 29.8 Å². The van der Waals surface area contributed by atoms with Crippen LogP contribution < -0.4 is 10.5 Å². The van der Waals surface area contributed by atoms with E-state index in [1.807, 2.05) is 0 Å². The second-order valence-corrected chi connectivity index (χ2v) is 6.32. The summed E-state index contributed by atoms with van der Waals surface area (Å²) in [6.07, 6.45) is 0. The molecule has 106 valence electrons. The second kappa shape index (κ2) is 5.68. The fourth-order valence-electron chi connectivity index (χ4n) is 1.65. The van der Waals surface area contributed by atoms with Crippen LogP contribution in [-0.4, -0.2) is 8.42 Å². The number of sulfonamides is 1. The number of nitrogens with two attached hydrogens (primary N) is 1. The third-order valence-corrected chi connectivity index (χ3v) is 4.12. The summed E-state index contributed by atoms with van der Waals surface area (Å²) < 4.78 is 39.4. The first-order valence-electron chi connectivity index (χ1n) is 5.66. The van der Waals surface area contributed by atoms with Crippen LogP contribution in [-0.2, 0) is 15.8 Å². The average Bonchev–Trinajstić information content (AvgIpc) is 2.36. The van der Waals surface area contributed by atoms with Crippen molar-refractivity contribution in [2.45, 2.75) is 5.75 Å². The van der Waals surface area contributed by atoms with Gasteiger partial charge in [-0.15, -0.1) is 0 Å². The SMILES string of the molecule is Nc1ccccc1CS(=O)(=O)Nc1ccc(F)c(Cl)c1. The van der Waals surface area contributed by atoms with E-state index in [1.54, 1.807) is 24.3 Å². The molecule has 0 spiro atoms. The van der Waals surface area contributed by atoms with Gasteiger partial charge in [-0.2, -0.15) is 0 Å². The zero-order valence-electron chi connectivity index (χ0n) is 10.3. The van der Waals surface area contributed by atoms with Gasteiger partial charge in [-0.1, -0.05) is 29.8 Å². The Hall–Kier alpha value is -1.79. The van der Waals surface area contributed by atoms with Crippen LogP contribution >= 0.6 is 11.6 Å². The van der Waals surface area contributed by atoms with Crippen molar-refractivity contribution < 1.29 is 12.8 Å². The Labute approximate surface area is 121 Å². The molecule has 0 unspecified atom stereocenters. The molecule has 0 aliphatic rings. The van der Waals surface area contributed by atoms with E-state index in [-0.39, 0.29) is 16.5 Å². The lowest BCUT2D eigenvalue weighted by Gasteiger charge is -2.10. The minimum Gasteiger partial charge on any atom is -0.398 e. The Morgan fingerprint density at radius 3 is 2.55 bits per heavy atom. The zero-order chi connectivity index (χ0) is 14.8. The van der Waals surface area contributed by atoms with Crippen LogP contribution in [0.15, 0.2) is 42.5 Å². The Bertz CT molecular complexity index is 735. The zero-order valence-corrected chi connectivity index (χ0v) is 11.9. The Balaban J connectivity index is 2.19. The van der Waals surface area contributed by atoms with Crippen LogP contribution in [0.1, 0.15) is 5.56 Å². The van der Waals surface area contributed by atoms with Gasteiger partial charge in [0.1, 0.15) is 5.82 Å². The Morgan fingerprint density at radius 1 is 1.20 bits per heavy atom. The Morgan fingerprint density at radius 2 is 1.90 bits per heavy atom. The van der Waals surface area contributed by atoms with Gasteiger partial charge < -0.3 is 5.73 Å². The first kappa shape index (κ1) is 14.6. The molecule has 0 aliphatic heterocycles. The molecule has 7 heteroatoms. The second-order valence-electron chi connectivity index (χ2n) is 4.19. The summed E-state index contributed by atoms with van der Waals surface area (Å²) in [5.74, 6) is -0.879. The molecule has 0 amide bonds. The van der Waals surface area contributed by atoms with E-state index in [0.29, 0.717) is 11.3 Å². The summed E-state index contributed by atoms with van der Waals surface area (Å²) in [6, 6.07) is 10.3. The van der Waals surface area contributed by atoms with Crippen molar-refractivity contribution in [2.24, 2.45) is 0 Å². The highest BCUT2D eigenvalue weighted by molar-refractivity contribution is 7.91. The van der Waals surface area contributed by atoms with Crippen molar-refractivity contribution in [3.05, 3.63) is 58.9 Å². The van der Waals surface area contributed by atoms with Crippen LogP contribution in [0.5, 0.6) is 0 Å². The molecule has 0 bridgehead atoms. The molecule has 2 aromatic rings. The fraction of sp³-hybridized carbons (Fsp3) is 0.0769. The number of hydrogen-bond donors (Lipinski definition) is 2. The van der Waals surface area contributed by atoms with E-state index >= 15 is 0 Å². The lowest BCUT2D eigenvalue weighted by atomic mass is 10.2. The molecular formula is C13H12ClFN2O2S. The highest BCUT2D eigenvalue weighted by Crippen LogP contribution is 2.21. The standard InChI is InChI=1S/C13H12ClFN2O2S/c14-11-7-10(5-6-12(11)15)17-20(18,19)8-9-3-1-2-4-13(9)16/h1-7,17H,8,16H2. The summed E-state index contributed by atoms with van der Waals surface area (Å²) in [5.41, 5.74) is 6.79. The third kappa shape index (κ3) is 3.61. The molecule has 0 heterocycles. The van der Waals surface area contributed by atoms with E-state index in [2.05, 4.69) is 4.72 Å². The molecule has 2 rings (SSSR count). The lowest BCUT2D eigenvalue weighted by Crippen LogP contribution is -2.16. The van der Waals surface area contributed by atoms with Crippen LogP contribution in [0.3, 0.4) is 0 Å². The first-order chi connectivity index (χ1) is 9.37. The molecule has 0 saturated heterocycles. The molecule has 0 radical (unpaired) electrons. The molecule has 0 aliphatic carbocycles. The van der Waals surface area contributed by atoms with Crippen molar-refractivity contribution in [3.8, 4) is 0 Å². The number of nitrogens with one attached hydrogen (secondary N) is 1. The topological polar surface area (TPSA) is 72.2 Å². The molecule has 4 nitrogen and oxygen atoms in total. The molecular weight excluding hydrogens is 303 g/mol. The van der Waals surface area contributed by atoms with E-state index < -0.39 is 15.8 Å². The molecule has 0 atom stereocenters. The van der Waals surface area contributed by atoms with E-state index in [1.165, 1.54) is 12.1 Å². The monoisotopic (exact) mass is 314 g/mol. The minimum absolute atomic E-state index is 0.149. The quantitative estimate of drug-likeness (QED) is 0.852. The summed E-state index contributed by atoms with van der Waals surface area (Å²) in [5, 5.41) is -0.149. The molecule has 3 N–H and O–H groups in total. The molecule has 2 aromatic carbocycles. The number of nitrogen functional groups attached to an aromatic ring is 1. The van der Waals surface area contributed by atoms with E-state index in [4.69, 9.17) is 17.3 Å². The normalized spacial score (nSPS) is 11.3. The van der Waals surface area contributed by atoms with Gasteiger partial charge in [0.15, 0.2) is 0 Å². The number of para-hydroxylation sites is 1. The number of rotatable bonds is 4. The summed E-state index contributed by atoms with van der Waals surface area (Å²) in [6.45, 7) is 0. The number of hydrogen-bond acceptors (Lipinski definition) is 3. The minimum atomic E-state index is -3.65. The smallest absolute Gasteiger partial charge is 0.236 e. The van der Waals surface area contributed by atoms with Crippen molar-refractivity contribution >= 4 is 33.0 Å². The number of anilines is 2. The van der Waals surface area contributed by atoms with Crippen LogP contribution in [0.2, 0.25) is 5.02 Å². The van der Waals surface area contributed by atoms with Crippen molar-refractivity contribution in [3.63, 3.8) is 0 Å². The summed E-state index contributed by atoms with van der Waals surface area (Å²) in [7, 11) is -3.65. The van der Waals surface area contributed by atoms with Crippen LogP contribution in [0.4, 0.5) is 15.8 Å². The molecule has 0 aromatic heterocycles. The fourth-order valence-corrected chi connectivity index (χ4v) is 3.06. The number of halogens is 2. The van der Waals surface area contributed by atoms with Gasteiger partial charge in [0, 0.05) is 5.69 Å². The largest absolute Gasteiger partial charge is 0.398 e. The lowest BCUT2D eigenvalue weighted by molar-refractivity contribution is 0.600. The third-order valence-electron chi connectivity index (χ3n) is 2.59. The van der Waals surface area contributed by atoms with Crippen molar-refractivity contribution in [1.82, 2.24) is 0 Å². The average molecular weight is 315 g/mol. The van der Waals surface area contributed by atoms with Gasteiger partial charge in [0.05, 0.1) is 16.5 Å². The number of benzene rings is 2. The molecule has 20 heavy (non-hydrogen) atoms. The van der Waals surface area contributed by atoms with Crippen molar-refractivity contribution in [1.29, 1.82) is 0 Å². The maximum absolute atomic E-state index is 13.0. The van der Waals surface area contributed by atoms with Crippen LogP contribution in [0, 0.1) is 5.82 Å². The Kier molecular flexibility index (Phi) is 4.15.